The van der Waals surface area contributed by atoms with E-state index in [-0.39, 0.29) is 0 Å². The maximum Gasteiger partial charge on any atom is 0.234 e. The number of nitrogens with zero attached hydrogens (tertiary/aromatic N) is 3. The summed E-state index contributed by atoms with van der Waals surface area (Å²) in [5.74, 6) is 0. The Morgan fingerprint density at radius 3 is 3.08 bits per heavy atom. The molecular weight excluding hydrogens is 222 g/mol. The molecule has 1 rings (SSSR count). The second kappa shape index (κ2) is 4.18. The first-order chi connectivity index (χ1) is 5.74. The van der Waals surface area contributed by atoms with E-state index in [2.05, 4.69) is 26.0 Å². The average molecular weight is 230 g/mol. The van der Waals surface area contributed by atoms with Crippen molar-refractivity contribution in [3.63, 3.8) is 0 Å². The van der Waals surface area contributed by atoms with Gasteiger partial charge in [0.15, 0.2) is 0 Å². The molecule has 0 aromatic carbocycles. The first-order valence-electron chi connectivity index (χ1n) is 3.46. The molecule has 5 heteroatoms. The number of hydrogen-bond acceptors (Lipinski definition) is 3. The molecule has 0 aliphatic heterocycles. The predicted molar refractivity (Wildman–Crippen MR) is 47.6 cm³/mol. The zero-order valence-corrected chi connectivity index (χ0v) is 8.21. The molecule has 0 N–H and O–H groups in total. The molecule has 0 aliphatic carbocycles. The topological polar surface area (TPSA) is 47.2 Å². The van der Waals surface area contributed by atoms with Gasteiger partial charge in [0.25, 0.3) is 0 Å². The Morgan fingerprint density at radius 1 is 1.83 bits per heavy atom. The molecule has 0 bridgehead atoms. The van der Waals surface area contributed by atoms with Crippen LogP contribution in [0.15, 0.2) is 15.7 Å². The van der Waals surface area contributed by atoms with Crippen LogP contribution < -0.4 is 0 Å². The average Bonchev–Trinajstić information content (AvgIpc) is 2.31. The molecule has 1 aromatic heterocycles. The summed E-state index contributed by atoms with van der Waals surface area (Å²) in [6, 6.07) is 1.90. The highest BCUT2D eigenvalue weighted by molar-refractivity contribution is 9.10. The third-order valence-electron chi connectivity index (χ3n) is 1.49. The van der Waals surface area contributed by atoms with E-state index < -0.39 is 0 Å². The lowest BCUT2D eigenvalue weighted by Gasteiger charge is -1.95. The standard InChI is InChI=1S/C7H8BrN3O/c1-11-6(2-3-9-5-12)4-7(8)10-11/h4H,2-3H2,1H3. The van der Waals surface area contributed by atoms with Crippen molar-refractivity contribution in [2.45, 2.75) is 6.42 Å². The molecule has 12 heavy (non-hydrogen) atoms. The van der Waals surface area contributed by atoms with E-state index in [1.54, 1.807) is 4.68 Å². The quantitative estimate of drug-likeness (QED) is 0.575. The van der Waals surface area contributed by atoms with Crippen LogP contribution in [0.25, 0.3) is 0 Å². The van der Waals surface area contributed by atoms with E-state index in [0.717, 1.165) is 10.3 Å². The Bertz CT molecular complexity index is 314. The second-order valence-corrected chi connectivity index (χ2v) is 3.12. The zero-order chi connectivity index (χ0) is 8.97. The summed E-state index contributed by atoms with van der Waals surface area (Å²) in [6.07, 6.45) is 2.21. The van der Waals surface area contributed by atoms with Gasteiger partial charge < -0.3 is 0 Å². The van der Waals surface area contributed by atoms with E-state index in [0.29, 0.717) is 13.0 Å². The van der Waals surface area contributed by atoms with Gasteiger partial charge in [0, 0.05) is 19.2 Å². The van der Waals surface area contributed by atoms with E-state index in [4.69, 9.17) is 0 Å². The van der Waals surface area contributed by atoms with Gasteiger partial charge in [-0.05, 0) is 22.0 Å². The van der Waals surface area contributed by atoms with Crippen molar-refractivity contribution in [1.29, 1.82) is 0 Å². The summed E-state index contributed by atoms with van der Waals surface area (Å²) in [5, 5.41) is 4.08. The Hall–Kier alpha value is -0.930. The monoisotopic (exact) mass is 229 g/mol. The number of rotatable bonds is 3. The minimum atomic E-state index is 0.468. The van der Waals surface area contributed by atoms with Gasteiger partial charge in [-0.15, -0.1) is 0 Å². The number of hydrogen-bond donors (Lipinski definition) is 0. The number of aryl methyl sites for hydroxylation is 1. The van der Waals surface area contributed by atoms with E-state index in [9.17, 15) is 4.79 Å². The SMILES string of the molecule is Cn1nc(Br)cc1CCN=C=O. The lowest BCUT2D eigenvalue weighted by Crippen LogP contribution is -1.99. The van der Waals surface area contributed by atoms with Crippen LogP contribution in [0, 0.1) is 0 Å². The molecule has 64 valence electrons. The van der Waals surface area contributed by atoms with Crippen molar-refractivity contribution < 1.29 is 4.79 Å². The van der Waals surface area contributed by atoms with Gasteiger partial charge in [0.2, 0.25) is 6.08 Å². The van der Waals surface area contributed by atoms with Crippen molar-refractivity contribution in [1.82, 2.24) is 9.78 Å². The summed E-state index contributed by atoms with van der Waals surface area (Å²) in [6.45, 7) is 0.468. The highest BCUT2D eigenvalue weighted by Crippen LogP contribution is 2.09. The lowest BCUT2D eigenvalue weighted by atomic mass is 10.3. The van der Waals surface area contributed by atoms with Crippen LogP contribution in [0.5, 0.6) is 0 Å². The van der Waals surface area contributed by atoms with Crippen molar-refractivity contribution >= 4 is 22.0 Å². The third-order valence-corrected chi connectivity index (χ3v) is 1.88. The maximum atomic E-state index is 9.76. The number of halogens is 1. The maximum absolute atomic E-state index is 9.76. The fourth-order valence-corrected chi connectivity index (χ4v) is 1.42. The summed E-state index contributed by atoms with van der Waals surface area (Å²) < 4.78 is 2.56. The van der Waals surface area contributed by atoms with Crippen LogP contribution in [0.3, 0.4) is 0 Å². The normalized spacial score (nSPS) is 9.50. The molecule has 0 aliphatic rings. The van der Waals surface area contributed by atoms with Crippen molar-refractivity contribution in [2.24, 2.45) is 12.0 Å². The van der Waals surface area contributed by atoms with Gasteiger partial charge in [0.05, 0.1) is 6.54 Å². The van der Waals surface area contributed by atoms with Crippen LogP contribution >= 0.6 is 15.9 Å². The summed E-state index contributed by atoms with van der Waals surface area (Å²) in [4.78, 5) is 13.2. The highest BCUT2D eigenvalue weighted by atomic mass is 79.9. The minimum absolute atomic E-state index is 0.468. The number of isocyanates is 1. The number of aliphatic imine (C=N–C) groups is 1. The lowest BCUT2D eigenvalue weighted by molar-refractivity contribution is 0.562. The summed E-state index contributed by atoms with van der Waals surface area (Å²) in [7, 11) is 1.85. The molecule has 0 atom stereocenters. The molecule has 0 amide bonds. The zero-order valence-electron chi connectivity index (χ0n) is 6.62. The Kier molecular flexibility index (Phi) is 3.19. The van der Waals surface area contributed by atoms with Gasteiger partial charge in [0.1, 0.15) is 4.60 Å². The van der Waals surface area contributed by atoms with Gasteiger partial charge in [-0.25, -0.2) is 9.79 Å². The molecule has 1 aromatic rings. The Morgan fingerprint density at radius 2 is 2.58 bits per heavy atom. The molecule has 0 saturated carbocycles. The molecule has 0 unspecified atom stereocenters. The molecule has 0 saturated heterocycles. The van der Waals surface area contributed by atoms with Crippen molar-refractivity contribution in [3.8, 4) is 0 Å². The van der Waals surface area contributed by atoms with Gasteiger partial charge in [-0.2, -0.15) is 5.10 Å². The predicted octanol–water partition coefficient (Wildman–Crippen LogP) is 1.06. The van der Waals surface area contributed by atoms with Crippen LogP contribution in [-0.2, 0) is 18.3 Å². The molecule has 0 fully saturated rings. The summed E-state index contributed by atoms with van der Waals surface area (Å²) in [5.41, 5.74) is 1.04. The number of carbonyl (C=O) groups excluding carboxylic acids is 1. The van der Waals surface area contributed by atoms with Gasteiger partial charge >= 0.3 is 0 Å². The summed E-state index contributed by atoms with van der Waals surface area (Å²) >= 11 is 3.25. The first kappa shape index (κ1) is 9.16. The largest absolute Gasteiger partial charge is 0.271 e. The van der Waals surface area contributed by atoms with Crippen LogP contribution in [0.4, 0.5) is 0 Å². The highest BCUT2D eigenvalue weighted by Gasteiger charge is 2.00. The van der Waals surface area contributed by atoms with E-state index >= 15 is 0 Å². The third kappa shape index (κ3) is 2.29. The van der Waals surface area contributed by atoms with Crippen LogP contribution in [-0.4, -0.2) is 22.4 Å². The van der Waals surface area contributed by atoms with Crippen LogP contribution in [0.1, 0.15) is 5.69 Å². The molecular formula is C7H8BrN3O. The van der Waals surface area contributed by atoms with Gasteiger partial charge in [-0.3, -0.25) is 4.68 Å². The van der Waals surface area contributed by atoms with E-state index in [1.165, 1.54) is 6.08 Å². The minimum Gasteiger partial charge on any atom is -0.271 e. The molecule has 0 radical (unpaired) electrons. The fraction of sp³-hybridized carbons (Fsp3) is 0.429. The van der Waals surface area contributed by atoms with Crippen LogP contribution in [0.2, 0.25) is 0 Å². The first-order valence-corrected chi connectivity index (χ1v) is 4.25. The molecule has 0 spiro atoms. The van der Waals surface area contributed by atoms with Crippen molar-refractivity contribution in [3.05, 3.63) is 16.4 Å². The Balaban J connectivity index is 2.62. The molecule has 1 heterocycles. The fourth-order valence-electron chi connectivity index (χ4n) is 0.917. The van der Waals surface area contributed by atoms with Crippen molar-refractivity contribution in [2.75, 3.05) is 6.54 Å². The second-order valence-electron chi connectivity index (χ2n) is 2.31. The van der Waals surface area contributed by atoms with Gasteiger partial charge in [-0.1, -0.05) is 0 Å². The molecule has 4 nitrogen and oxygen atoms in total. The number of aromatic nitrogens is 2. The smallest absolute Gasteiger partial charge is 0.234 e. The van der Waals surface area contributed by atoms with E-state index in [1.807, 2.05) is 13.1 Å². The Labute approximate surface area is 78.4 Å².